The van der Waals surface area contributed by atoms with E-state index in [1.807, 2.05) is 12.1 Å². The molecular formula is C11H12N4. The van der Waals surface area contributed by atoms with E-state index >= 15 is 0 Å². The van der Waals surface area contributed by atoms with Crippen LogP contribution in [-0.4, -0.2) is 14.8 Å². The third-order valence-electron chi connectivity index (χ3n) is 2.84. The minimum absolute atomic E-state index is 0.774. The zero-order chi connectivity index (χ0) is 10.3. The molecule has 2 aromatic heterocycles. The van der Waals surface area contributed by atoms with Gasteiger partial charge in [-0.25, -0.2) is 4.68 Å². The van der Waals surface area contributed by atoms with Gasteiger partial charge in [0, 0.05) is 11.8 Å². The molecule has 0 aromatic carbocycles. The van der Waals surface area contributed by atoms with E-state index in [2.05, 4.69) is 10.1 Å². The predicted molar refractivity (Wildman–Crippen MR) is 57.8 cm³/mol. The van der Waals surface area contributed by atoms with Crippen LogP contribution in [0.1, 0.15) is 17.7 Å². The molecule has 3 rings (SSSR count). The van der Waals surface area contributed by atoms with Crippen LogP contribution >= 0.6 is 0 Å². The Balaban J connectivity index is 2.14. The fraction of sp³-hybridized carbons (Fsp3) is 0.273. The molecule has 0 saturated carbocycles. The molecular weight excluding hydrogens is 188 g/mol. The van der Waals surface area contributed by atoms with Gasteiger partial charge in [-0.2, -0.15) is 5.10 Å². The smallest absolute Gasteiger partial charge is 0.130 e. The first-order valence-electron chi connectivity index (χ1n) is 5.13. The number of nitrogen functional groups attached to an aromatic ring is 1. The van der Waals surface area contributed by atoms with E-state index in [0.29, 0.717) is 0 Å². The Hall–Kier alpha value is -1.84. The lowest BCUT2D eigenvalue weighted by Gasteiger charge is -2.03. The van der Waals surface area contributed by atoms with E-state index in [9.17, 15) is 0 Å². The molecule has 2 N–H and O–H groups in total. The molecule has 0 amide bonds. The Labute approximate surface area is 87.7 Å². The highest BCUT2D eigenvalue weighted by Gasteiger charge is 2.20. The van der Waals surface area contributed by atoms with Gasteiger partial charge in [-0.05, 0) is 31.4 Å². The van der Waals surface area contributed by atoms with Crippen LogP contribution in [0.3, 0.4) is 0 Å². The van der Waals surface area contributed by atoms with Gasteiger partial charge in [0.1, 0.15) is 5.82 Å². The number of aromatic nitrogens is 3. The average Bonchev–Trinajstić information content (AvgIpc) is 2.83. The summed E-state index contributed by atoms with van der Waals surface area (Å²) in [4.78, 5) is 4.07. The Kier molecular flexibility index (Phi) is 1.74. The molecule has 15 heavy (non-hydrogen) atoms. The van der Waals surface area contributed by atoms with Gasteiger partial charge in [0.25, 0.3) is 0 Å². The largest absolute Gasteiger partial charge is 0.383 e. The normalized spacial score (nSPS) is 14.1. The van der Waals surface area contributed by atoms with Crippen molar-refractivity contribution in [3.63, 3.8) is 0 Å². The van der Waals surface area contributed by atoms with Gasteiger partial charge in [-0.1, -0.05) is 0 Å². The number of hydrogen-bond donors (Lipinski definition) is 1. The number of anilines is 1. The molecule has 1 aliphatic carbocycles. The minimum atomic E-state index is 0.774. The van der Waals surface area contributed by atoms with Crippen LogP contribution in [0.2, 0.25) is 0 Å². The van der Waals surface area contributed by atoms with Gasteiger partial charge in [-0.3, -0.25) is 4.98 Å². The van der Waals surface area contributed by atoms with Crippen molar-refractivity contribution >= 4 is 5.82 Å². The maximum atomic E-state index is 6.06. The second-order valence-corrected chi connectivity index (χ2v) is 3.79. The molecule has 4 nitrogen and oxygen atoms in total. The summed E-state index contributed by atoms with van der Waals surface area (Å²) in [6, 6.07) is 3.85. The number of aryl methyl sites for hydroxylation is 1. The fourth-order valence-corrected chi connectivity index (χ4v) is 2.09. The van der Waals surface area contributed by atoms with Gasteiger partial charge >= 0.3 is 0 Å². The minimum Gasteiger partial charge on any atom is -0.383 e. The Morgan fingerprint density at radius 2 is 2.27 bits per heavy atom. The maximum absolute atomic E-state index is 6.06. The molecule has 4 heteroatoms. The van der Waals surface area contributed by atoms with Crippen molar-refractivity contribution in [2.24, 2.45) is 0 Å². The molecule has 0 atom stereocenters. The Morgan fingerprint density at radius 1 is 1.33 bits per heavy atom. The second-order valence-electron chi connectivity index (χ2n) is 3.79. The van der Waals surface area contributed by atoms with Crippen LogP contribution in [0.25, 0.3) is 5.69 Å². The van der Waals surface area contributed by atoms with Crippen LogP contribution in [0.5, 0.6) is 0 Å². The lowest BCUT2D eigenvalue weighted by atomic mass is 10.2. The van der Waals surface area contributed by atoms with Crippen LogP contribution in [0.4, 0.5) is 5.82 Å². The molecule has 0 unspecified atom stereocenters. The number of pyridine rings is 1. The van der Waals surface area contributed by atoms with Crippen molar-refractivity contribution in [2.45, 2.75) is 19.3 Å². The topological polar surface area (TPSA) is 56.7 Å². The van der Waals surface area contributed by atoms with Gasteiger partial charge in [0.05, 0.1) is 17.6 Å². The molecule has 0 spiro atoms. The summed E-state index contributed by atoms with van der Waals surface area (Å²) in [7, 11) is 0. The summed E-state index contributed by atoms with van der Waals surface area (Å²) < 4.78 is 1.79. The maximum Gasteiger partial charge on any atom is 0.130 e. The molecule has 2 aromatic rings. The van der Waals surface area contributed by atoms with E-state index in [1.165, 1.54) is 12.0 Å². The van der Waals surface area contributed by atoms with Crippen LogP contribution in [-0.2, 0) is 12.8 Å². The van der Waals surface area contributed by atoms with Gasteiger partial charge in [-0.15, -0.1) is 0 Å². The van der Waals surface area contributed by atoms with E-state index in [4.69, 9.17) is 5.73 Å². The molecule has 2 heterocycles. The first-order chi connectivity index (χ1) is 7.36. The fourth-order valence-electron chi connectivity index (χ4n) is 2.09. The molecule has 0 saturated heterocycles. The monoisotopic (exact) mass is 200 g/mol. The summed E-state index contributed by atoms with van der Waals surface area (Å²) in [5, 5.41) is 4.51. The second kappa shape index (κ2) is 3.08. The van der Waals surface area contributed by atoms with Crippen molar-refractivity contribution in [1.82, 2.24) is 14.8 Å². The third-order valence-corrected chi connectivity index (χ3v) is 2.84. The van der Waals surface area contributed by atoms with Crippen molar-refractivity contribution in [3.05, 3.63) is 35.8 Å². The summed E-state index contributed by atoms with van der Waals surface area (Å²) in [6.07, 6.45) is 6.80. The van der Waals surface area contributed by atoms with E-state index in [1.54, 1.807) is 17.1 Å². The molecule has 0 radical (unpaired) electrons. The molecule has 76 valence electrons. The Bertz CT molecular complexity index is 487. The van der Waals surface area contributed by atoms with Crippen LogP contribution in [0.15, 0.2) is 24.5 Å². The van der Waals surface area contributed by atoms with Gasteiger partial charge < -0.3 is 5.73 Å². The zero-order valence-corrected chi connectivity index (χ0v) is 8.35. The highest BCUT2D eigenvalue weighted by molar-refractivity contribution is 5.51. The van der Waals surface area contributed by atoms with Crippen LogP contribution < -0.4 is 5.73 Å². The van der Waals surface area contributed by atoms with Crippen LogP contribution in [0, 0.1) is 0 Å². The average molecular weight is 200 g/mol. The quantitative estimate of drug-likeness (QED) is 0.755. The standard InChI is InChI=1S/C11H12N4/c12-11-9-4-1-5-10(9)14-15(11)8-3-2-6-13-7-8/h2-3,6-7H,1,4-5,12H2. The summed E-state index contributed by atoms with van der Waals surface area (Å²) >= 11 is 0. The highest BCUT2D eigenvalue weighted by Crippen LogP contribution is 2.28. The summed E-state index contributed by atoms with van der Waals surface area (Å²) in [5.41, 5.74) is 9.36. The van der Waals surface area contributed by atoms with Crippen molar-refractivity contribution < 1.29 is 0 Å². The Morgan fingerprint density at radius 3 is 3.00 bits per heavy atom. The summed E-state index contributed by atoms with van der Waals surface area (Å²) in [6.45, 7) is 0. The zero-order valence-electron chi connectivity index (χ0n) is 8.35. The number of hydrogen-bond acceptors (Lipinski definition) is 3. The molecule has 0 aliphatic heterocycles. The van der Waals surface area contributed by atoms with E-state index in [-0.39, 0.29) is 0 Å². The number of nitrogens with zero attached hydrogens (tertiary/aromatic N) is 3. The highest BCUT2D eigenvalue weighted by atomic mass is 15.3. The SMILES string of the molecule is Nc1c2c(nn1-c1cccnc1)CCC2. The molecule has 0 fully saturated rings. The summed E-state index contributed by atoms with van der Waals surface area (Å²) in [5.74, 6) is 0.774. The van der Waals surface area contributed by atoms with E-state index < -0.39 is 0 Å². The first-order valence-corrected chi connectivity index (χ1v) is 5.13. The molecule has 0 bridgehead atoms. The van der Waals surface area contributed by atoms with Crippen molar-refractivity contribution in [3.8, 4) is 5.69 Å². The first kappa shape index (κ1) is 8.47. The van der Waals surface area contributed by atoms with E-state index in [0.717, 1.165) is 30.0 Å². The lowest BCUT2D eigenvalue weighted by Crippen LogP contribution is -2.03. The third kappa shape index (κ3) is 1.21. The lowest BCUT2D eigenvalue weighted by molar-refractivity contribution is 0.806. The van der Waals surface area contributed by atoms with Gasteiger partial charge in [0.2, 0.25) is 0 Å². The predicted octanol–water partition coefficient (Wildman–Crippen LogP) is 1.34. The number of fused-ring (bicyclic) bond motifs is 1. The number of rotatable bonds is 1. The molecule has 1 aliphatic rings. The van der Waals surface area contributed by atoms with Crippen molar-refractivity contribution in [1.29, 1.82) is 0 Å². The number of nitrogens with two attached hydrogens (primary N) is 1. The van der Waals surface area contributed by atoms with Crippen molar-refractivity contribution in [2.75, 3.05) is 5.73 Å². The van der Waals surface area contributed by atoms with Gasteiger partial charge in [0.15, 0.2) is 0 Å².